The van der Waals surface area contributed by atoms with Crippen molar-refractivity contribution in [2.24, 2.45) is 0 Å². The van der Waals surface area contributed by atoms with Gasteiger partial charge in [0, 0.05) is 26.2 Å². The SMILES string of the molecule is C#COS(=O)(=O)N1CCN(S(C)(=O)=O)CC1. The number of terminal acetylenes is 1. The monoisotopic (exact) mass is 268 g/mol. The van der Waals surface area contributed by atoms with Crippen molar-refractivity contribution in [2.45, 2.75) is 0 Å². The van der Waals surface area contributed by atoms with Crippen LogP contribution in [0, 0.1) is 12.5 Å². The van der Waals surface area contributed by atoms with Gasteiger partial charge < -0.3 is 4.18 Å². The lowest BCUT2D eigenvalue weighted by Gasteiger charge is -2.30. The van der Waals surface area contributed by atoms with Crippen LogP contribution in [0.15, 0.2) is 0 Å². The van der Waals surface area contributed by atoms with Gasteiger partial charge in [-0.15, -0.1) is 0 Å². The van der Waals surface area contributed by atoms with E-state index in [9.17, 15) is 16.8 Å². The summed E-state index contributed by atoms with van der Waals surface area (Å²) in [5, 5.41) is 0. The number of piperazine rings is 1. The van der Waals surface area contributed by atoms with Crippen LogP contribution in [0.1, 0.15) is 0 Å². The minimum atomic E-state index is -3.93. The summed E-state index contributed by atoms with van der Waals surface area (Å²) in [5.74, 6) is 0. The maximum atomic E-state index is 11.3. The molecule has 1 aliphatic heterocycles. The van der Waals surface area contributed by atoms with E-state index in [4.69, 9.17) is 6.42 Å². The normalized spacial score (nSPS) is 20.2. The molecule has 16 heavy (non-hydrogen) atoms. The summed E-state index contributed by atoms with van der Waals surface area (Å²) in [5.41, 5.74) is 0. The summed E-state index contributed by atoms with van der Waals surface area (Å²) in [6.07, 6.45) is 7.40. The lowest BCUT2D eigenvalue weighted by molar-refractivity contribution is 0.253. The third-order valence-corrected chi connectivity index (χ3v) is 4.74. The predicted molar refractivity (Wildman–Crippen MR) is 56.8 cm³/mol. The number of nitrogens with zero attached hydrogens (tertiary/aromatic N) is 2. The second kappa shape index (κ2) is 4.58. The Morgan fingerprint density at radius 1 is 1.06 bits per heavy atom. The lowest BCUT2D eigenvalue weighted by atomic mass is 10.4. The van der Waals surface area contributed by atoms with Crippen LogP contribution in [0.25, 0.3) is 0 Å². The first kappa shape index (κ1) is 13.2. The predicted octanol–water partition coefficient (Wildman–Crippen LogP) is -1.58. The van der Waals surface area contributed by atoms with Gasteiger partial charge in [0.15, 0.2) is 0 Å². The molecule has 1 fully saturated rings. The van der Waals surface area contributed by atoms with Gasteiger partial charge in [0.1, 0.15) is 6.11 Å². The number of hydrogen-bond acceptors (Lipinski definition) is 5. The Bertz CT molecular complexity index is 481. The molecule has 92 valence electrons. The molecule has 7 nitrogen and oxygen atoms in total. The van der Waals surface area contributed by atoms with Crippen molar-refractivity contribution in [3.05, 3.63) is 0 Å². The van der Waals surface area contributed by atoms with Crippen molar-refractivity contribution in [2.75, 3.05) is 32.4 Å². The molecule has 0 aromatic rings. The van der Waals surface area contributed by atoms with Gasteiger partial charge in [-0.1, -0.05) is 6.42 Å². The average molecular weight is 268 g/mol. The van der Waals surface area contributed by atoms with Crippen LogP contribution in [0.5, 0.6) is 0 Å². The zero-order chi connectivity index (χ0) is 12.4. The first-order chi connectivity index (χ1) is 7.27. The molecule has 0 aliphatic carbocycles. The molecule has 0 aromatic carbocycles. The van der Waals surface area contributed by atoms with Gasteiger partial charge in [-0.25, -0.2) is 8.42 Å². The molecule has 0 saturated carbocycles. The average Bonchev–Trinajstić information content (AvgIpc) is 2.16. The van der Waals surface area contributed by atoms with Crippen molar-refractivity contribution in [1.82, 2.24) is 8.61 Å². The van der Waals surface area contributed by atoms with E-state index in [1.165, 1.54) is 4.31 Å². The number of hydrogen-bond donors (Lipinski definition) is 0. The fourth-order valence-corrected chi connectivity index (χ4v) is 3.00. The summed E-state index contributed by atoms with van der Waals surface area (Å²) in [4.78, 5) is 0. The van der Waals surface area contributed by atoms with Gasteiger partial charge in [-0.2, -0.15) is 17.0 Å². The van der Waals surface area contributed by atoms with Crippen LogP contribution in [0.4, 0.5) is 0 Å². The van der Waals surface area contributed by atoms with Crippen molar-refractivity contribution >= 4 is 20.3 Å². The van der Waals surface area contributed by atoms with Crippen molar-refractivity contribution in [1.29, 1.82) is 0 Å². The molecule has 1 saturated heterocycles. The highest BCUT2D eigenvalue weighted by Crippen LogP contribution is 2.10. The first-order valence-electron chi connectivity index (χ1n) is 4.36. The van der Waals surface area contributed by atoms with Gasteiger partial charge in [0.2, 0.25) is 10.0 Å². The number of rotatable bonds is 3. The van der Waals surface area contributed by atoms with Crippen molar-refractivity contribution < 1.29 is 21.0 Å². The maximum Gasteiger partial charge on any atom is 0.393 e. The van der Waals surface area contributed by atoms with E-state index in [0.29, 0.717) is 0 Å². The van der Waals surface area contributed by atoms with Gasteiger partial charge in [0.25, 0.3) is 0 Å². The molecule has 0 aromatic heterocycles. The van der Waals surface area contributed by atoms with E-state index in [0.717, 1.165) is 10.6 Å². The molecule has 1 heterocycles. The summed E-state index contributed by atoms with van der Waals surface area (Å²) in [6.45, 7) is 0.284. The minimum absolute atomic E-state index is 0.0388. The fourth-order valence-electron chi connectivity index (χ4n) is 1.34. The summed E-state index contributed by atoms with van der Waals surface area (Å²) < 4.78 is 51.4. The standard InChI is InChI=1S/C7H12N2O5S2/c1-3-14-16(12,13)9-6-4-8(5-7-9)15(2,10)11/h1H,4-7H2,2H3. The van der Waals surface area contributed by atoms with E-state index in [1.54, 1.807) is 6.11 Å². The topological polar surface area (TPSA) is 84.0 Å². The van der Waals surface area contributed by atoms with Gasteiger partial charge >= 0.3 is 10.3 Å². The molecule has 0 bridgehead atoms. The Morgan fingerprint density at radius 2 is 1.50 bits per heavy atom. The second-order valence-corrected chi connectivity index (χ2v) is 6.74. The van der Waals surface area contributed by atoms with E-state index in [1.807, 2.05) is 0 Å². The molecule has 0 spiro atoms. The molecule has 1 rings (SSSR count). The summed E-state index contributed by atoms with van der Waals surface area (Å²) >= 11 is 0. The minimum Gasteiger partial charge on any atom is -0.316 e. The lowest BCUT2D eigenvalue weighted by Crippen LogP contribution is -2.50. The zero-order valence-electron chi connectivity index (χ0n) is 8.66. The van der Waals surface area contributed by atoms with Crippen LogP contribution in [0.3, 0.4) is 0 Å². The van der Waals surface area contributed by atoms with E-state index >= 15 is 0 Å². The smallest absolute Gasteiger partial charge is 0.316 e. The highest BCUT2D eigenvalue weighted by molar-refractivity contribution is 7.88. The Hall–Kier alpha value is -0.820. The van der Waals surface area contributed by atoms with Crippen LogP contribution < -0.4 is 0 Å². The van der Waals surface area contributed by atoms with Crippen molar-refractivity contribution in [3.63, 3.8) is 0 Å². The van der Waals surface area contributed by atoms with Gasteiger partial charge in [0.05, 0.1) is 6.26 Å². The third kappa shape index (κ3) is 3.08. The van der Waals surface area contributed by atoms with Crippen LogP contribution >= 0.6 is 0 Å². The highest BCUT2D eigenvalue weighted by Gasteiger charge is 2.31. The molecule has 0 N–H and O–H groups in total. The maximum absolute atomic E-state index is 11.3. The largest absolute Gasteiger partial charge is 0.393 e. The van der Waals surface area contributed by atoms with Gasteiger partial charge in [-0.05, 0) is 0 Å². The highest BCUT2D eigenvalue weighted by atomic mass is 32.2. The molecule has 0 amide bonds. The zero-order valence-corrected chi connectivity index (χ0v) is 10.3. The molecular weight excluding hydrogens is 256 g/mol. The molecule has 0 atom stereocenters. The molecule has 9 heteroatoms. The quantitative estimate of drug-likeness (QED) is 0.577. The summed E-state index contributed by atoms with van der Waals surface area (Å²) in [7, 11) is -7.20. The molecule has 1 aliphatic rings. The first-order valence-corrected chi connectivity index (χ1v) is 7.58. The van der Waals surface area contributed by atoms with E-state index in [-0.39, 0.29) is 26.2 Å². The second-order valence-electron chi connectivity index (χ2n) is 3.22. The van der Waals surface area contributed by atoms with Crippen molar-refractivity contribution in [3.8, 4) is 12.5 Å². The van der Waals surface area contributed by atoms with E-state index < -0.39 is 20.3 Å². The molecular formula is C7H12N2O5S2. The number of sulfonamides is 1. The van der Waals surface area contributed by atoms with Crippen LogP contribution in [-0.2, 0) is 24.5 Å². The Balaban J connectivity index is 2.67. The molecule has 0 unspecified atom stereocenters. The van der Waals surface area contributed by atoms with Gasteiger partial charge in [-0.3, -0.25) is 0 Å². The van der Waals surface area contributed by atoms with E-state index in [2.05, 4.69) is 4.18 Å². The Kier molecular flexibility index (Phi) is 3.80. The Morgan fingerprint density at radius 3 is 1.88 bits per heavy atom. The van der Waals surface area contributed by atoms with Crippen LogP contribution in [0.2, 0.25) is 0 Å². The summed E-state index contributed by atoms with van der Waals surface area (Å²) in [6, 6.07) is 0. The third-order valence-electron chi connectivity index (χ3n) is 2.14. The fraction of sp³-hybridized carbons (Fsp3) is 0.714. The Labute approximate surface area is 95.3 Å². The molecule has 0 radical (unpaired) electrons. The van der Waals surface area contributed by atoms with Crippen LogP contribution in [-0.4, -0.2) is 57.9 Å².